The van der Waals surface area contributed by atoms with Crippen LogP contribution in [0.25, 0.3) is 0 Å². The third kappa shape index (κ3) is 2.65. The summed E-state index contributed by atoms with van der Waals surface area (Å²) >= 11 is 3.49. The lowest BCUT2D eigenvalue weighted by atomic mass is 10.0. The van der Waals surface area contributed by atoms with Crippen LogP contribution in [-0.2, 0) is 6.54 Å². The number of aliphatic hydroxyl groups excluding tert-OH is 1. The summed E-state index contributed by atoms with van der Waals surface area (Å²) < 4.78 is 2.87. The van der Waals surface area contributed by atoms with Crippen LogP contribution < -0.4 is 0 Å². The number of aromatic nitrogens is 2. The summed E-state index contributed by atoms with van der Waals surface area (Å²) in [5.74, 6) is 0. The van der Waals surface area contributed by atoms with E-state index in [0.29, 0.717) is 0 Å². The molecule has 0 aliphatic heterocycles. The van der Waals surface area contributed by atoms with Crippen LogP contribution in [0, 0.1) is 6.92 Å². The molecule has 0 saturated carbocycles. The molecule has 0 spiro atoms. The number of hydrogen-bond donors (Lipinski definition) is 1. The van der Waals surface area contributed by atoms with Crippen molar-refractivity contribution in [1.82, 2.24) is 9.78 Å². The number of halogens is 1. The molecule has 1 heterocycles. The van der Waals surface area contributed by atoms with Gasteiger partial charge in [0.05, 0.1) is 5.69 Å². The number of aryl methyl sites for hydroxylation is 2. The molecule has 0 saturated heterocycles. The van der Waals surface area contributed by atoms with E-state index in [9.17, 15) is 5.11 Å². The second-order valence-electron chi connectivity index (χ2n) is 4.39. The molecular weight excluding hydrogens is 292 g/mol. The van der Waals surface area contributed by atoms with E-state index in [-0.39, 0.29) is 0 Å². The van der Waals surface area contributed by atoms with Gasteiger partial charge in [0, 0.05) is 17.2 Å². The Labute approximate surface area is 116 Å². The van der Waals surface area contributed by atoms with Gasteiger partial charge >= 0.3 is 0 Å². The second-order valence-corrected chi connectivity index (χ2v) is 5.24. The zero-order valence-electron chi connectivity index (χ0n) is 10.6. The zero-order chi connectivity index (χ0) is 13.1. The number of hydrogen-bond acceptors (Lipinski definition) is 2. The molecule has 1 unspecified atom stereocenters. The first-order valence-corrected chi connectivity index (χ1v) is 6.88. The highest BCUT2D eigenvalue weighted by molar-refractivity contribution is 9.10. The van der Waals surface area contributed by atoms with Crippen LogP contribution in [-0.4, -0.2) is 14.9 Å². The first kappa shape index (κ1) is 13.3. The Bertz CT molecular complexity index is 536. The van der Waals surface area contributed by atoms with E-state index >= 15 is 0 Å². The van der Waals surface area contributed by atoms with Gasteiger partial charge in [0.25, 0.3) is 0 Å². The van der Waals surface area contributed by atoms with Crippen LogP contribution in [0.2, 0.25) is 0 Å². The minimum Gasteiger partial charge on any atom is -0.382 e. The van der Waals surface area contributed by atoms with Gasteiger partial charge in [-0.1, -0.05) is 35.0 Å². The van der Waals surface area contributed by atoms with Crippen molar-refractivity contribution in [2.75, 3.05) is 0 Å². The van der Waals surface area contributed by atoms with E-state index in [2.05, 4.69) is 28.0 Å². The molecule has 96 valence electrons. The third-order valence-corrected chi connectivity index (χ3v) is 3.83. The first-order valence-electron chi connectivity index (χ1n) is 6.09. The molecule has 4 heteroatoms. The smallest absolute Gasteiger partial charge is 0.121 e. The number of rotatable bonds is 4. The largest absolute Gasteiger partial charge is 0.382 e. The van der Waals surface area contributed by atoms with Gasteiger partial charge in [-0.25, -0.2) is 0 Å². The lowest BCUT2D eigenvalue weighted by molar-refractivity contribution is 0.207. The van der Waals surface area contributed by atoms with Crippen molar-refractivity contribution >= 4 is 15.9 Å². The molecule has 0 amide bonds. The average molecular weight is 309 g/mol. The second kappa shape index (κ2) is 5.67. The van der Waals surface area contributed by atoms with Crippen LogP contribution in [0.1, 0.15) is 36.3 Å². The molecule has 0 aliphatic rings. The van der Waals surface area contributed by atoms with Gasteiger partial charge in [-0.3, -0.25) is 4.68 Å². The lowest BCUT2D eigenvalue weighted by Crippen LogP contribution is -2.10. The normalized spacial score (nSPS) is 12.7. The van der Waals surface area contributed by atoms with Crippen molar-refractivity contribution in [2.24, 2.45) is 0 Å². The van der Waals surface area contributed by atoms with Gasteiger partial charge < -0.3 is 5.11 Å². The van der Waals surface area contributed by atoms with Crippen LogP contribution in [0.15, 0.2) is 34.9 Å². The summed E-state index contributed by atoms with van der Waals surface area (Å²) in [5.41, 5.74) is 2.88. The SMILES string of the molecule is CCCn1nccc1C(O)c1ccc(C)c(Br)c1. The average Bonchev–Trinajstić information content (AvgIpc) is 2.80. The Morgan fingerprint density at radius 3 is 2.83 bits per heavy atom. The Hall–Kier alpha value is -1.13. The van der Waals surface area contributed by atoms with E-state index in [1.165, 1.54) is 0 Å². The van der Waals surface area contributed by atoms with Gasteiger partial charge in [-0.05, 0) is 36.6 Å². The molecule has 0 radical (unpaired) electrons. The summed E-state index contributed by atoms with van der Waals surface area (Å²) in [4.78, 5) is 0. The highest BCUT2D eigenvalue weighted by Crippen LogP contribution is 2.26. The number of aliphatic hydroxyl groups is 1. The fraction of sp³-hybridized carbons (Fsp3) is 0.357. The summed E-state index contributed by atoms with van der Waals surface area (Å²) in [6.45, 7) is 4.95. The predicted octanol–water partition coefficient (Wildman–Crippen LogP) is 3.45. The summed E-state index contributed by atoms with van der Waals surface area (Å²) in [7, 11) is 0. The van der Waals surface area contributed by atoms with Crippen molar-refractivity contribution in [2.45, 2.75) is 32.9 Å². The molecule has 1 aromatic carbocycles. The van der Waals surface area contributed by atoms with Gasteiger partial charge in [0.1, 0.15) is 6.10 Å². The van der Waals surface area contributed by atoms with E-state index in [1.807, 2.05) is 35.9 Å². The standard InChI is InChI=1S/C14H17BrN2O/c1-3-8-17-13(6-7-16-17)14(18)11-5-4-10(2)12(15)9-11/h4-7,9,14,18H,3,8H2,1-2H3. The Balaban J connectivity index is 2.32. The van der Waals surface area contributed by atoms with Crippen LogP contribution in [0.4, 0.5) is 0 Å². The minimum atomic E-state index is -0.629. The molecule has 0 aliphatic carbocycles. The van der Waals surface area contributed by atoms with Gasteiger partial charge in [0.15, 0.2) is 0 Å². The van der Waals surface area contributed by atoms with Crippen LogP contribution >= 0.6 is 15.9 Å². The summed E-state index contributed by atoms with van der Waals surface area (Å²) in [6.07, 6.45) is 2.10. The van der Waals surface area contributed by atoms with Crippen LogP contribution in [0.5, 0.6) is 0 Å². The molecule has 1 aromatic heterocycles. The van der Waals surface area contributed by atoms with Crippen molar-refractivity contribution in [3.05, 3.63) is 51.8 Å². The topological polar surface area (TPSA) is 38.0 Å². The molecular formula is C14H17BrN2O. The number of nitrogens with zero attached hydrogens (tertiary/aromatic N) is 2. The van der Waals surface area contributed by atoms with Crippen molar-refractivity contribution in [1.29, 1.82) is 0 Å². The fourth-order valence-electron chi connectivity index (χ4n) is 1.92. The molecule has 2 rings (SSSR count). The molecule has 0 bridgehead atoms. The highest BCUT2D eigenvalue weighted by atomic mass is 79.9. The minimum absolute atomic E-state index is 0.629. The van der Waals surface area contributed by atoms with E-state index < -0.39 is 6.10 Å². The van der Waals surface area contributed by atoms with Gasteiger partial charge in [0.2, 0.25) is 0 Å². The first-order chi connectivity index (χ1) is 8.63. The molecule has 1 atom stereocenters. The predicted molar refractivity (Wildman–Crippen MR) is 75.5 cm³/mol. The van der Waals surface area contributed by atoms with Gasteiger partial charge in [-0.15, -0.1) is 0 Å². The monoisotopic (exact) mass is 308 g/mol. The quantitative estimate of drug-likeness (QED) is 0.939. The molecule has 1 N–H and O–H groups in total. The zero-order valence-corrected chi connectivity index (χ0v) is 12.2. The Kier molecular flexibility index (Phi) is 4.19. The fourth-order valence-corrected chi connectivity index (χ4v) is 2.32. The molecule has 3 nitrogen and oxygen atoms in total. The maximum absolute atomic E-state index is 10.4. The Morgan fingerprint density at radius 1 is 1.39 bits per heavy atom. The number of benzene rings is 1. The van der Waals surface area contributed by atoms with E-state index in [4.69, 9.17) is 0 Å². The summed E-state index contributed by atoms with van der Waals surface area (Å²) in [6, 6.07) is 7.79. The van der Waals surface area contributed by atoms with Crippen molar-refractivity contribution < 1.29 is 5.11 Å². The summed E-state index contributed by atoms with van der Waals surface area (Å²) in [5, 5.41) is 14.7. The van der Waals surface area contributed by atoms with Crippen molar-refractivity contribution in [3.8, 4) is 0 Å². The maximum atomic E-state index is 10.4. The maximum Gasteiger partial charge on any atom is 0.121 e. The van der Waals surface area contributed by atoms with E-state index in [1.54, 1.807) is 6.20 Å². The van der Waals surface area contributed by atoms with Crippen molar-refractivity contribution in [3.63, 3.8) is 0 Å². The van der Waals surface area contributed by atoms with E-state index in [0.717, 1.165) is 34.3 Å². The Morgan fingerprint density at radius 2 is 2.17 bits per heavy atom. The highest BCUT2D eigenvalue weighted by Gasteiger charge is 2.15. The molecule has 18 heavy (non-hydrogen) atoms. The van der Waals surface area contributed by atoms with Gasteiger partial charge in [-0.2, -0.15) is 5.10 Å². The lowest BCUT2D eigenvalue weighted by Gasteiger charge is -2.14. The molecule has 0 fully saturated rings. The molecule has 2 aromatic rings. The van der Waals surface area contributed by atoms with Crippen LogP contribution in [0.3, 0.4) is 0 Å². The third-order valence-electron chi connectivity index (χ3n) is 2.98.